The molecule has 3 unspecified atom stereocenters. The predicted octanol–water partition coefficient (Wildman–Crippen LogP) is 12.8. The highest BCUT2D eigenvalue weighted by molar-refractivity contribution is 7.85. The van der Waals surface area contributed by atoms with Crippen LogP contribution >= 0.6 is 0 Å². The minimum Gasteiger partial charge on any atom is -0.387 e. The third kappa shape index (κ3) is 40.3. The van der Waals surface area contributed by atoms with Crippen LogP contribution in [0.25, 0.3) is 0 Å². The molecule has 0 fully saturated rings. The minimum absolute atomic E-state index is 0.263. The summed E-state index contributed by atoms with van der Waals surface area (Å²) in [6.07, 6.45) is 51.7. The predicted molar refractivity (Wildman–Crippen MR) is 236 cm³/mol. The zero-order valence-electron chi connectivity index (χ0n) is 35.7. The summed E-state index contributed by atoms with van der Waals surface area (Å²) in [7, 11) is -4.46. The first-order valence-corrected chi connectivity index (χ1v) is 24.6. The standard InChI is InChI=1S/C47H87NO6S/c1-3-5-7-9-11-13-15-17-19-21-23-24-26-27-29-31-33-35-37-39-41-45(49)44(43-55(52,53)54)48-47(51)46(50)42-40-38-36-34-32-30-28-25-22-20-18-16-14-12-10-8-6-4-2/h22,24-26,31,33,39,41,44-46,49-50H,3-21,23,27-30,32,34-38,40,42-43H2,1-2H3,(H,48,51)(H,52,53,54)/b25-22-,26-24+,33-31+,41-39+. The van der Waals surface area contributed by atoms with E-state index in [9.17, 15) is 28.0 Å². The summed E-state index contributed by atoms with van der Waals surface area (Å²) in [4.78, 5) is 12.6. The van der Waals surface area contributed by atoms with E-state index in [-0.39, 0.29) is 6.42 Å². The van der Waals surface area contributed by atoms with Crippen LogP contribution in [0.4, 0.5) is 0 Å². The summed E-state index contributed by atoms with van der Waals surface area (Å²) in [6, 6.07) is -1.26. The molecule has 3 atom stereocenters. The van der Waals surface area contributed by atoms with Crippen LogP contribution in [-0.2, 0) is 14.9 Å². The van der Waals surface area contributed by atoms with Gasteiger partial charge in [0.05, 0.1) is 17.9 Å². The molecule has 0 radical (unpaired) electrons. The van der Waals surface area contributed by atoms with E-state index in [1.54, 1.807) is 6.08 Å². The fourth-order valence-corrected chi connectivity index (χ4v) is 7.51. The SMILES string of the molecule is CCCCCCCCCC/C=C\CCCCCCCCC(O)C(=O)NC(CS(=O)(=O)O)C(O)/C=C/CC/C=C/CC/C=C/CCCCCCCCCCCC. The molecule has 7 nitrogen and oxygen atoms in total. The first-order valence-electron chi connectivity index (χ1n) is 22.9. The smallest absolute Gasteiger partial charge is 0.267 e. The zero-order chi connectivity index (χ0) is 40.5. The Morgan fingerprint density at radius 3 is 1.20 bits per heavy atom. The van der Waals surface area contributed by atoms with Gasteiger partial charge in [0.1, 0.15) is 6.10 Å². The molecular formula is C47H87NO6S. The fourth-order valence-electron chi connectivity index (χ4n) is 6.78. The van der Waals surface area contributed by atoms with E-state index in [0.29, 0.717) is 12.8 Å². The molecule has 1 amide bonds. The fraction of sp³-hybridized carbons (Fsp3) is 0.809. The van der Waals surface area contributed by atoms with Crippen molar-refractivity contribution in [3.05, 3.63) is 48.6 Å². The molecule has 4 N–H and O–H groups in total. The summed E-state index contributed by atoms with van der Waals surface area (Å²) in [6.45, 7) is 4.52. The largest absolute Gasteiger partial charge is 0.387 e. The maximum atomic E-state index is 12.6. The van der Waals surface area contributed by atoms with Crippen LogP contribution < -0.4 is 5.32 Å². The van der Waals surface area contributed by atoms with E-state index in [2.05, 4.69) is 55.6 Å². The van der Waals surface area contributed by atoms with E-state index in [4.69, 9.17) is 0 Å². The van der Waals surface area contributed by atoms with Gasteiger partial charge in [-0.1, -0.05) is 197 Å². The molecule has 0 aliphatic carbocycles. The average molecular weight is 794 g/mol. The van der Waals surface area contributed by atoms with Crippen molar-refractivity contribution in [2.75, 3.05) is 5.75 Å². The number of rotatable bonds is 41. The summed E-state index contributed by atoms with van der Waals surface area (Å²) in [5.74, 6) is -1.57. The summed E-state index contributed by atoms with van der Waals surface area (Å²) in [5.41, 5.74) is 0. The molecular weight excluding hydrogens is 707 g/mol. The Balaban J connectivity index is 4.06. The topological polar surface area (TPSA) is 124 Å². The number of allylic oxidation sites excluding steroid dienone is 7. The van der Waals surface area contributed by atoms with Crippen LogP contribution in [0.3, 0.4) is 0 Å². The van der Waals surface area contributed by atoms with Gasteiger partial charge >= 0.3 is 0 Å². The number of amides is 1. The van der Waals surface area contributed by atoms with Gasteiger partial charge in [0, 0.05) is 0 Å². The van der Waals surface area contributed by atoms with Gasteiger partial charge in [-0.05, 0) is 70.6 Å². The molecule has 55 heavy (non-hydrogen) atoms. The molecule has 0 aromatic heterocycles. The van der Waals surface area contributed by atoms with Crippen molar-refractivity contribution in [3.8, 4) is 0 Å². The molecule has 0 aliphatic rings. The molecule has 0 rings (SSSR count). The number of aliphatic hydroxyl groups is 2. The zero-order valence-corrected chi connectivity index (χ0v) is 36.5. The maximum absolute atomic E-state index is 12.6. The Kier molecular flexibility index (Phi) is 39.2. The molecule has 322 valence electrons. The first-order chi connectivity index (χ1) is 26.7. The molecule has 0 aromatic rings. The lowest BCUT2D eigenvalue weighted by Gasteiger charge is -2.22. The van der Waals surface area contributed by atoms with Gasteiger partial charge < -0.3 is 15.5 Å². The van der Waals surface area contributed by atoms with Crippen LogP contribution in [0.15, 0.2) is 48.6 Å². The highest BCUT2D eigenvalue weighted by Crippen LogP contribution is 2.14. The second-order valence-corrected chi connectivity index (χ2v) is 17.3. The maximum Gasteiger partial charge on any atom is 0.267 e. The van der Waals surface area contributed by atoms with E-state index < -0.39 is 40.0 Å². The van der Waals surface area contributed by atoms with Crippen molar-refractivity contribution < 1.29 is 28.0 Å². The van der Waals surface area contributed by atoms with Crippen molar-refractivity contribution in [1.82, 2.24) is 5.32 Å². The number of aliphatic hydroxyl groups excluding tert-OH is 2. The molecule has 0 heterocycles. The van der Waals surface area contributed by atoms with Gasteiger partial charge in [0.15, 0.2) is 0 Å². The Bertz CT molecular complexity index is 1070. The first kappa shape index (κ1) is 53.3. The van der Waals surface area contributed by atoms with Crippen molar-refractivity contribution in [3.63, 3.8) is 0 Å². The van der Waals surface area contributed by atoms with E-state index in [0.717, 1.165) is 51.4 Å². The molecule has 0 saturated heterocycles. The van der Waals surface area contributed by atoms with Gasteiger partial charge in [-0.3, -0.25) is 9.35 Å². The van der Waals surface area contributed by atoms with Crippen LogP contribution in [0.5, 0.6) is 0 Å². The summed E-state index contributed by atoms with van der Waals surface area (Å²) < 4.78 is 32.6. The lowest BCUT2D eigenvalue weighted by Crippen LogP contribution is -2.50. The number of carbonyl (C=O) groups is 1. The van der Waals surface area contributed by atoms with Crippen molar-refractivity contribution in [1.29, 1.82) is 0 Å². The minimum atomic E-state index is -4.46. The number of hydrogen-bond acceptors (Lipinski definition) is 5. The second kappa shape index (κ2) is 40.5. The molecule has 0 aromatic carbocycles. The van der Waals surface area contributed by atoms with Crippen molar-refractivity contribution in [2.45, 2.75) is 238 Å². The number of hydrogen-bond donors (Lipinski definition) is 4. The quantitative estimate of drug-likeness (QED) is 0.0278. The van der Waals surface area contributed by atoms with Gasteiger partial charge in [0.2, 0.25) is 5.91 Å². The third-order valence-electron chi connectivity index (χ3n) is 10.3. The Hall–Kier alpha value is -1.74. The average Bonchev–Trinajstić information content (AvgIpc) is 3.15. The number of nitrogens with one attached hydrogen (secondary N) is 1. The van der Waals surface area contributed by atoms with Gasteiger partial charge in [-0.15, -0.1) is 0 Å². The van der Waals surface area contributed by atoms with Crippen LogP contribution in [0.2, 0.25) is 0 Å². The van der Waals surface area contributed by atoms with Gasteiger partial charge in [0.25, 0.3) is 10.1 Å². The molecule has 0 bridgehead atoms. The lowest BCUT2D eigenvalue weighted by atomic mass is 10.0. The van der Waals surface area contributed by atoms with E-state index in [1.807, 2.05) is 0 Å². The Morgan fingerprint density at radius 1 is 0.491 bits per heavy atom. The molecule has 0 saturated carbocycles. The van der Waals surface area contributed by atoms with Gasteiger partial charge in [-0.2, -0.15) is 8.42 Å². The third-order valence-corrected chi connectivity index (χ3v) is 11.1. The molecule has 0 aliphatic heterocycles. The number of unbranched alkanes of at least 4 members (excludes halogenated alkanes) is 26. The Labute approximate surface area is 340 Å². The second-order valence-electron chi connectivity index (χ2n) is 15.8. The van der Waals surface area contributed by atoms with E-state index in [1.165, 1.54) is 141 Å². The lowest BCUT2D eigenvalue weighted by molar-refractivity contribution is -0.130. The van der Waals surface area contributed by atoms with Crippen molar-refractivity contribution >= 4 is 16.0 Å². The normalized spacial score (nSPS) is 14.2. The van der Waals surface area contributed by atoms with Crippen LogP contribution in [0, 0.1) is 0 Å². The number of carbonyl (C=O) groups excluding carboxylic acids is 1. The highest BCUT2D eigenvalue weighted by atomic mass is 32.2. The van der Waals surface area contributed by atoms with Crippen LogP contribution in [0.1, 0.15) is 219 Å². The Morgan fingerprint density at radius 2 is 0.818 bits per heavy atom. The van der Waals surface area contributed by atoms with Crippen molar-refractivity contribution in [2.24, 2.45) is 0 Å². The molecule has 8 heteroatoms. The summed E-state index contributed by atoms with van der Waals surface area (Å²) in [5, 5.41) is 23.4. The summed E-state index contributed by atoms with van der Waals surface area (Å²) >= 11 is 0. The highest BCUT2D eigenvalue weighted by Gasteiger charge is 2.27. The van der Waals surface area contributed by atoms with Crippen LogP contribution in [-0.4, -0.2) is 53.1 Å². The monoisotopic (exact) mass is 794 g/mol. The molecule has 0 spiro atoms. The van der Waals surface area contributed by atoms with E-state index >= 15 is 0 Å². The van der Waals surface area contributed by atoms with Gasteiger partial charge in [-0.25, -0.2) is 0 Å².